The maximum absolute atomic E-state index is 5.46. The van der Waals surface area contributed by atoms with Gasteiger partial charge in [-0.1, -0.05) is 15.9 Å². The number of rotatable bonds is 2. The summed E-state index contributed by atoms with van der Waals surface area (Å²) in [6, 6.07) is 0. The van der Waals surface area contributed by atoms with Crippen LogP contribution in [0.15, 0.2) is 0 Å². The van der Waals surface area contributed by atoms with Gasteiger partial charge in [0.2, 0.25) is 0 Å². The smallest absolute Gasteiger partial charge is 0.0656 e. The number of piperidine rings is 1. The molecule has 1 rings (SSSR count). The summed E-state index contributed by atoms with van der Waals surface area (Å²) < 4.78 is 0. The van der Waals surface area contributed by atoms with E-state index >= 15 is 0 Å². The molecular formula is C7H15BrN2. The van der Waals surface area contributed by atoms with Crippen LogP contribution in [0, 0.1) is 0 Å². The van der Waals surface area contributed by atoms with Crippen LogP contribution in [-0.4, -0.2) is 29.5 Å². The van der Waals surface area contributed by atoms with E-state index in [2.05, 4.69) is 20.8 Å². The fourth-order valence-corrected chi connectivity index (χ4v) is 2.10. The largest absolute Gasteiger partial charge is 0.329 e. The molecule has 1 aliphatic rings. The zero-order valence-electron chi connectivity index (χ0n) is 6.22. The van der Waals surface area contributed by atoms with Gasteiger partial charge in [0.15, 0.2) is 0 Å². The fraction of sp³-hybridized carbons (Fsp3) is 1.00. The van der Waals surface area contributed by atoms with Gasteiger partial charge in [0.05, 0.1) is 4.95 Å². The average molecular weight is 207 g/mol. The fourth-order valence-electron chi connectivity index (χ4n) is 1.37. The third-order valence-electron chi connectivity index (χ3n) is 1.95. The number of hydrogen-bond donors (Lipinski definition) is 1. The summed E-state index contributed by atoms with van der Waals surface area (Å²) in [6.07, 6.45) is 3.97. The molecule has 0 amide bonds. The van der Waals surface area contributed by atoms with E-state index in [4.69, 9.17) is 5.73 Å². The van der Waals surface area contributed by atoms with Crippen molar-refractivity contribution in [2.24, 2.45) is 5.73 Å². The minimum Gasteiger partial charge on any atom is -0.329 e. The van der Waals surface area contributed by atoms with E-state index in [0.717, 1.165) is 13.1 Å². The zero-order valence-corrected chi connectivity index (χ0v) is 7.81. The Kier molecular flexibility index (Phi) is 3.66. The molecule has 0 saturated carbocycles. The normalized spacial score (nSPS) is 28.8. The minimum atomic E-state index is 0.588. The SMILES string of the molecule is NCCN1CCCCC1Br. The molecule has 1 fully saturated rings. The van der Waals surface area contributed by atoms with E-state index in [1.165, 1.54) is 25.8 Å². The molecule has 0 bridgehead atoms. The Bertz CT molecular complexity index is 95.6. The Morgan fingerprint density at radius 2 is 2.30 bits per heavy atom. The number of alkyl halides is 1. The quantitative estimate of drug-likeness (QED) is 0.543. The van der Waals surface area contributed by atoms with Gasteiger partial charge in [0, 0.05) is 13.1 Å². The molecule has 0 aliphatic carbocycles. The third kappa shape index (κ3) is 2.22. The summed E-state index contributed by atoms with van der Waals surface area (Å²) in [5.41, 5.74) is 5.46. The maximum atomic E-state index is 5.46. The lowest BCUT2D eigenvalue weighted by Crippen LogP contribution is -2.38. The molecule has 2 nitrogen and oxygen atoms in total. The van der Waals surface area contributed by atoms with Crippen molar-refractivity contribution in [2.75, 3.05) is 19.6 Å². The van der Waals surface area contributed by atoms with Crippen molar-refractivity contribution in [3.63, 3.8) is 0 Å². The molecule has 60 valence electrons. The molecule has 0 aromatic rings. The Morgan fingerprint density at radius 1 is 1.50 bits per heavy atom. The van der Waals surface area contributed by atoms with Gasteiger partial charge in [-0.3, -0.25) is 4.90 Å². The van der Waals surface area contributed by atoms with Gasteiger partial charge in [0.25, 0.3) is 0 Å². The van der Waals surface area contributed by atoms with Gasteiger partial charge < -0.3 is 5.73 Å². The number of nitrogens with two attached hydrogens (primary N) is 1. The van der Waals surface area contributed by atoms with E-state index in [0.29, 0.717) is 4.95 Å². The summed E-state index contributed by atoms with van der Waals surface area (Å²) >= 11 is 3.63. The van der Waals surface area contributed by atoms with Crippen molar-refractivity contribution in [1.82, 2.24) is 4.90 Å². The highest BCUT2D eigenvalue weighted by Gasteiger charge is 2.17. The van der Waals surface area contributed by atoms with Crippen LogP contribution in [-0.2, 0) is 0 Å². The van der Waals surface area contributed by atoms with Crippen LogP contribution in [0.25, 0.3) is 0 Å². The van der Waals surface area contributed by atoms with Gasteiger partial charge in [-0.05, 0) is 25.8 Å². The van der Waals surface area contributed by atoms with Gasteiger partial charge in [-0.25, -0.2) is 0 Å². The van der Waals surface area contributed by atoms with Crippen LogP contribution in [0.4, 0.5) is 0 Å². The summed E-state index contributed by atoms with van der Waals surface area (Å²) in [5, 5.41) is 0. The predicted octanol–water partition coefficient (Wildman–Crippen LogP) is 1.15. The number of nitrogens with zero attached hydrogens (tertiary/aromatic N) is 1. The Balaban J connectivity index is 2.25. The lowest BCUT2D eigenvalue weighted by molar-refractivity contribution is 0.216. The molecule has 2 N–H and O–H groups in total. The van der Waals surface area contributed by atoms with E-state index in [-0.39, 0.29) is 0 Å². The monoisotopic (exact) mass is 206 g/mol. The van der Waals surface area contributed by atoms with Crippen molar-refractivity contribution in [2.45, 2.75) is 24.2 Å². The second kappa shape index (κ2) is 4.31. The number of halogens is 1. The topological polar surface area (TPSA) is 29.3 Å². The van der Waals surface area contributed by atoms with E-state index in [9.17, 15) is 0 Å². The highest BCUT2D eigenvalue weighted by Crippen LogP contribution is 2.20. The molecule has 0 aromatic carbocycles. The summed E-state index contributed by atoms with van der Waals surface area (Å²) in [5.74, 6) is 0. The summed E-state index contributed by atoms with van der Waals surface area (Å²) in [7, 11) is 0. The van der Waals surface area contributed by atoms with Crippen LogP contribution >= 0.6 is 15.9 Å². The van der Waals surface area contributed by atoms with Crippen molar-refractivity contribution >= 4 is 15.9 Å². The van der Waals surface area contributed by atoms with Gasteiger partial charge in [-0.15, -0.1) is 0 Å². The summed E-state index contributed by atoms with van der Waals surface area (Å²) in [4.78, 5) is 2.99. The van der Waals surface area contributed by atoms with Gasteiger partial charge in [-0.2, -0.15) is 0 Å². The maximum Gasteiger partial charge on any atom is 0.0656 e. The second-order valence-corrected chi connectivity index (χ2v) is 3.81. The molecule has 10 heavy (non-hydrogen) atoms. The Labute approximate surface area is 70.9 Å². The van der Waals surface area contributed by atoms with E-state index in [1.54, 1.807) is 0 Å². The van der Waals surface area contributed by atoms with E-state index < -0.39 is 0 Å². The molecular weight excluding hydrogens is 192 g/mol. The molecule has 0 aromatic heterocycles. The molecule has 0 radical (unpaired) electrons. The molecule has 1 aliphatic heterocycles. The molecule has 1 saturated heterocycles. The number of hydrogen-bond acceptors (Lipinski definition) is 2. The third-order valence-corrected chi connectivity index (χ3v) is 2.99. The van der Waals surface area contributed by atoms with E-state index in [1.807, 2.05) is 0 Å². The lowest BCUT2D eigenvalue weighted by Gasteiger charge is -2.31. The molecule has 1 atom stereocenters. The summed E-state index contributed by atoms with van der Waals surface area (Å²) in [6.45, 7) is 3.03. The second-order valence-electron chi connectivity index (χ2n) is 2.75. The molecule has 1 unspecified atom stereocenters. The first-order valence-electron chi connectivity index (χ1n) is 3.93. The zero-order chi connectivity index (χ0) is 7.40. The first-order chi connectivity index (χ1) is 4.84. The van der Waals surface area contributed by atoms with Gasteiger partial charge >= 0.3 is 0 Å². The highest BCUT2D eigenvalue weighted by molar-refractivity contribution is 9.09. The molecule has 1 heterocycles. The number of likely N-dealkylation sites (tertiary alicyclic amines) is 1. The van der Waals surface area contributed by atoms with Crippen LogP contribution in [0.2, 0.25) is 0 Å². The van der Waals surface area contributed by atoms with Crippen LogP contribution < -0.4 is 5.73 Å². The lowest BCUT2D eigenvalue weighted by atomic mass is 10.1. The predicted molar refractivity (Wildman–Crippen MR) is 47.2 cm³/mol. The van der Waals surface area contributed by atoms with Crippen LogP contribution in [0.3, 0.4) is 0 Å². The first-order valence-corrected chi connectivity index (χ1v) is 4.84. The Morgan fingerprint density at radius 3 is 2.90 bits per heavy atom. The van der Waals surface area contributed by atoms with Crippen LogP contribution in [0.1, 0.15) is 19.3 Å². The van der Waals surface area contributed by atoms with Crippen molar-refractivity contribution < 1.29 is 0 Å². The van der Waals surface area contributed by atoms with Crippen LogP contribution in [0.5, 0.6) is 0 Å². The van der Waals surface area contributed by atoms with Gasteiger partial charge in [0.1, 0.15) is 0 Å². The minimum absolute atomic E-state index is 0.588. The first kappa shape index (κ1) is 8.50. The highest BCUT2D eigenvalue weighted by atomic mass is 79.9. The molecule has 0 spiro atoms. The Hall–Kier alpha value is 0.400. The van der Waals surface area contributed by atoms with Crippen molar-refractivity contribution in [1.29, 1.82) is 0 Å². The van der Waals surface area contributed by atoms with Crippen molar-refractivity contribution in [3.8, 4) is 0 Å². The standard InChI is InChI=1S/C7H15BrN2/c8-7-3-1-2-5-10(7)6-4-9/h7H,1-6,9H2. The average Bonchev–Trinajstić information content (AvgIpc) is 1.94. The molecule has 3 heteroatoms. The van der Waals surface area contributed by atoms with Crippen molar-refractivity contribution in [3.05, 3.63) is 0 Å².